The van der Waals surface area contributed by atoms with Crippen LogP contribution in [0.5, 0.6) is 0 Å². The van der Waals surface area contributed by atoms with Gasteiger partial charge in [-0.3, -0.25) is 0 Å². The van der Waals surface area contributed by atoms with Crippen molar-refractivity contribution in [2.45, 2.75) is 25.2 Å². The van der Waals surface area contributed by atoms with E-state index in [4.69, 9.17) is 28.2 Å². The summed E-state index contributed by atoms with van der Waals surface area (Å²) in [5.41, 5.74) is 7.43. The van der Waals surface area contributed by atoms with Gasteiger partial charge < -0.3 is 10.4 Å². The molecule has 0 saturated heterocycles. The van der Waals surface area contributed by atoms with Gasteiger partial charge in [-0.2, -0.15) is 0 Å². The summed E-state index contributed by atoms with van der Waals surface area (Å²) in [6, 6.07) is 22.2. The summed E-state index contributed by atoms with van der Waals surface area (Å²) in [5, 5.41) is 13.7. The minimum absolute atomic E-state index is 0.119. The molecule has 0 spiro atoms. The van der Waals surface area contributed by atoms with Crippen molar-refractivity contribution in [2.75, 3.05) is 11.9 Å². The SMILES string of the molecule is C[C@H]1c2cnc(Nc3cccc(CCO)c3)nc2-c2ccccc2[C@@H]1c1ccc(Cl)c(Cl)c1. The Labute approximate surface area is 203 Å². The van der Waals surface area contributed by atoms with E-state index < -0.39 is 0 Å². The van der Waals surface area contributed by atoms with E-state index in [2.05, 4.69) is 35.4 Å². The highest BCUT2D eigenvalue weighted by Crippen LogP contribution is 2.49. The Bertz CT molecular complexity index is 1320. The number of benzene rings is 3. The fourth-order valence-corrected chi connectivity index (χ4v) is 4.98. The van der Waals surface area contributed by atoms with Gasteiger partial charge in [0.05, 0.1) is 15.7 Å². The highest BCUT2D eigenvalue weighted by molar-refractivity contribution is 6.42. The Hall–Kier alpha value is -2.92. The Morgan fingerprint density at radius 3 is 2.61 bits per heavy atom. The second-order valence-corrected chi connectivity index (χ2v) is 9.14. The summed E-state index contributed by atoms with van der Waals surface area (Å²) >= 11 is 12.5. The molecule has 0 amide bonds. The number of aromatic nitrogens is 2. The summed E-state index contributed by atoms with van der Waals surface area (Å²) < 4.78 is 0. The van der Waals surface area contributed by atoms with Crippen molar-refractivity contribution in [2.24, 2.45) is 0 Å². The van der Waals surface area contributed by atoms with E-state index in [-0.39, 0.29) is 18.4 Å². The molecule has 1 aliphatic carbocycles. The summed E-state index contributed by atoms with van der Waals surface area (Å²) in [6.07, 6.45) is 2.54. The number of nitrogens with zero attached hydrogens (tertiary/aromatic N) is 2. The second kappa shape index (κ2) is 9.14. The fourth-order valence-electron chi connectivity index (χ4n) is 4.67. The van der Waals surface area contributed by atoms with Gasteiger partial charge in [-0.25, -0.2) is 9.97 Å². The minimum Gasteiger partial charge on any atom is -0.396 e. The summed E-state index contributed by atoms with van der Waals surface area (Å²) in [4.78, 5) is 9.54. The molecule has 0 fully saturated rings. The van der Waals surface area contributed by atoms with Gasteiger partial charge in [-0.15, -0.1) is 0 Å². The predicted molar refractivity (Wildman–Crippen MR) is 135 cm³/mol. The molecule has 33 heavy (non-hydrogen) atoms. The number of anilines is 2. The molecule has 3 aromatic carbocycles. The molecule has 0 aliphatic heterocycles. The highest BCUT2D eigenvalue weighted by Gasteiger charge is 2.33. The predicted octanol–water partition coefficient (Wildman–Crippen LogP) is 6.98. The molecule has 6 heteroatoms. The van der Waals surface area contributed by atoms with E-state index in [9.17, 15) is 5.11 Å². The molecule has 2 N–H and O–H groups in total. The van der Waals surface area contributed by atoms with E-state index in [0.717, 1.165) is 33.6 Å². The molecule has 166 valence electrons. The summed E-state index contributed by atoms with van der Waals surface area (Å²) in [5.74, 6) is 0.833. The topological polar surface area (TPSA) is 58.0 Å². The Morgan fingerprint density at radius 1 is 0.939 bits per heavy atom. The van der Waals surface area contributed by atoms with Crippen LogP contribution in [0.2, 0.25) is 10.0 Å². The molecule has 2 atom stereocenters. The molecule has 4 nitrogen and oxygen atoms in total. The zero-order valence-electron chi connectivity index (χ0n) is 18.1. The lowest BCUT2D eigenvalue weighted by molar-refractivity contribution is 0.299. The first-order valence-electron chi connectivity index (χ1n) is 10.9. The smallest absolute Gasteiger partial charge is 0.227 e. The molecule has 4 aromatic rings. The number of aliphatic hydroxyl groups excluding tert-OH is 1. The zero-order chi connectivity index (χ0) is 22.9. The lowest BCUT2D eigenvalue weighted by atomic mass is 9.71. The van der Waals surface area contributed by atoms with Crippen LogP contribution >= 0.6 is 23.2 Å². The van der Waals surface area contributed by atoms with Crippen LogP contribution in [0.3, 0.4) is 0 Å². The molecule has 1 heterocycles. The van der Waals surface area contributed by atoms with E-state index in [1.165, 1.54) is 5.56 Å². The van der Waals surface area contributed by atoms with Gasteiger partial charge in [0.1, 0.15) is 0 Å². The van der Waals surface area contributed by atoms with Gasteiger partial charge in [0.25, 0.3) is 0 Å². The van der Waals surface area contributed by atoms with Crippen molar-refractivity contribution in [3.63, 3.8) is 0 Å². The molecule has 1 aliphatic rings. The number of fused-ring (bicyclic) bond motifs is 3. The first-order valence-corrected chi connectivity index (χ1v) is 11.7. The number of hydrogen-bond acceptors (Lipinski definition) is 4. The van der Waals surface area contributed by atoms with Gasteiger partial charge in [0.2, 0.25) is 5.95 Å². The largest absolute Gasteiger partial charge is 0.396 e. The van der Waals surface area contributed by atoms with Gasteiger partial charge in [-0.1, -0.05) is 72.6 Å². The maximum absolute atomic E-state index is 9.22. The third-order valence-electron chi connectivity index (χ3n) is 6.24. The van der Waals surface area contributed by atoms with Crippen LogP contribution in [-0.4, -0.2) is 21.7 Å². The zero-order valence-corrected chi connectivity index (χ0v) is 19.6. The number of hydrogen-bond donors (Lipinski definition) is 2. The highest BCUT2D eigenvalue weighted by atomic mass is 35.5. The first-order chi connectivity index (χ1) is 16.0. The fraction of sp³-hybridized carbons (Fsp3) is 0.185. The molecule has 0 bridgehead atoms. The Balaban J connectivity index is 1.55. The monoisotopic (exact) mass is 475 g/mol. The van der Waals surface area contributed by atoms with Gasteiger partial charge in [-0.05, 0) is 53.3 Å². The second-order valence-electron chi connectivity index (χ2n) is 8.32. The maximum atomic E-state index is 9.22. The van der Waals surface area contributed by atoms with Crippen LogP contribution in [0.1, 0.15) is 41.0 Å². The molecular weight excluding hydrogens is 453 g/mol. The molecule has 5 rings (SSSR count). The van der Waals surface area contributed by atoms with Crippen molar-refractivity contribution < 1.29 is 5.11 Å². The number of aliphatic hydroxyl groups is 1. The summed E-state index contributed by atoms with van der Waals surface area (Å²) in [7, 11) is 0. The summed E-state index contributed by atoms with van der Waals surface area (Å²) in [6.45, 7) is 2.32. The standard InChI is InChI=1S/C27H23Cl2N3O/c1-16-22-15-30-27(31-19-6-4-5-17(13-19)11-12-33)32-26(22)21-8-3-2-7-20(21)25(16)18-9-10-23(28)24(29)14-18/h2-10,13-16,25,33H,11-12H2,1H3,(H,30,31,32)/t16-,25-/m0/s1. The average Bonchev–Trinajstić information content (AvgIpc) is 2.82. The van der Waals surface area contributed by atoms with E-state index in [1.807, 2.05) is 54.7 Å². The van der Waals surface area contributed by atoms with Crippen molar-refractivity contribution >= 4 is 34.8 Å². The quantitative estimate of drug-likeness (QED) is 0.326. The van der Waals surface area contributed by atoms with Crippen molar-refractivity contribution in [1.82, 2.24) is 9.97 Å². The van der Waals surface area contributed by atoms with Gasteiger partial charge in [0.15, 0.2) is 0 Å². The third-order valence-corrected chi connectivity index (χ3v) is 6.98. The Morgan fingerprint density at radius 2 is 1.79 bits per heavy atom. The molecule has 1 aromatic heterocycles. The minimum atomic E-state index is 0.119. The number of rotatable bonds is 5. The lowest BCUT2D eigenvalue weighted by Gasteiger charge is -2.33. The lowest BCUT2D eigenvalue weighted by Crippen LogP contribution is -2.18. The van der Waals surface area contributed by atoms with Crippen LogP contribution in [0, 0.1) is 0 Å². The van der Waals surface area contributed by atoms with Crippen LogP contribution in [-0.2, 0) is 6.42 Å². The molecule has 0 saturated carbocycles. The van der Waals surface area contributed by atoms with E-state index in [1.54, 1.807) is 0 Å². The van der Waals surface area contributed by atoms with Crippen molar-refractivity contribution in [1.29, 1.82) is 0 Å². The average molecular weight is 476 g/mol. The Kier molecular flexibility index (Phi) is 6.07. The van der Waals surface area contributed by atoms with Crippen LogP contribution in [0.15, 0.2) is 72.9 Å². The first kappa shape index (κ1) is 21.9. The molecule has 0 unspecified atom stereocenters. The number of nitrogens with one attached hydrogen (secondary N) is 1. The van der Waals surface area contributed by atoms with E-state index >= 15 is 0 Å². The van der Waals surface area contributed by atoms with Crippen LogP contribution in [0.25, 0.3) is 11.3 Å². The van der Waals surface area contributed by atoms with E-state index in [0.29, 0.717) is 22.4 Å². The van der Waals surface area contributed by atoms with Crippen LogP contribution in [0.4, 0.5) is 11.6 Å². The van der Waals surface area contributed by atoms with Crippen molar-refractivity contribution in [3.05, 3.63) is 105 Å². The van der Waals surface area contributed by atoms with Crippen molar-refractivity contribution in [3.8, 4) is 11.3 Å². The van der Waals surface area contributed by atoms with Gasteiger partial charge >= 0.3 is 0 Å². The van der Waals surface area contributed by atoms with Gasteiger partial charge in [0, 0.05) is 35.5 Å². The molecule has 0 radical (unpaired) electrons. The number of halogens is 2. The van der Waals surface area contributed by atoms with Crippen LogP contribution < -0.4 is 5.32 Å². The normalized spacial score (nSPS) is 16.7. The third kappa shape index (κ3) is 4.22. The molecular formula is C27H23Cl2N3O. The maximum Gasteiger partial charge on any atom is 0.227 e.